The molecule has 2 aromatic rings. The lowest BCUT2D eigenvalue weighted by Crippen LogP contribution is -2.34. The summed E-state index contributed by atoms with van der Waals surface area (Å²) in [6, 6.07) is 1.54. The van der Waals surface area contributed by atoms with Gasteiger partial charge >= 0.3 is 5.97 Å². The lowest BCUT2D eigenvalue weighted by Gasteiger charge is -2.19. The maximum atomic E-state index is 12.8. The van der Waals surface area contributed by atoms with E-state index in [1.54, 1.807) is 6.92 Å². The summed E-state index contributed by atoms with van der Waals surface area (Å²) in [4.78, 5) is 15.5. The van der Waals surface area contributed by atoms with E-state index in [0.717, 1.165) is 18.5 Å². The van der Waals surface area contributed by atoms with Crippen molar-refractivity contribution >= 4 is 27.1 Å². The Morgan fingerprint density at radius 3 is 2.83 bits per heavy atom. The van der Waals surface area contributed by atoms with Crippen LogP contribution in [0.25, 0.3) is 11.1 Å². The van der Waals surface area contributed by atoms with Gasteiger partial charge in [-0.3, -0.25) is 4.79 Å². The fourth-order valence-electron chi connectivity index (χ4n) is 3.07. The van der Waals surface area contributed by atoms with Crippen LogP contribution in [0.5, 0.6) is 0 Å². The summed E-state index contributed by atoms with van der Waals surface area (Å²) < 4.78 is 32.1. The Bertz CT molecular complexity index is 934. The van der Waals surface area contributed by atoms with Crippen molar-refractivity contribution in [2.45, 2.75) is 37.0 Å². The number of fused-ring (bicyclic) bond motifs is 1. The van der Waals surface area contributed by atoms with E-state index in [9.17, 15) is 18.3 Å². The van der Waals surface area contributed by atoms with Gasteiger partial charge in [0.1, 0.15) is 4.90 Å². The molecule has 4 rings (SSSR count). The molecule has 1 atom stereocenters. The van der Waals surface area contributed by atoms with Crippen molar-refractivity contribution in [3.63, 3.8) is 0 Å². The molecule has 2 aliphatic rings. The Hall–Kier alpha value is -2.00. The zero-order valence-corrected chi connectivity index (χ0v) is 13.9. The van der Waals surface area contributed by atoms with Crippen molar-refractivity contribution in [2.24, 2.45) is 5.41 Å². The van der Waals surface area contributed by atoms with Gasteiger partial charge in [-0.1, -0.05) is 5.16 Å². The van der Waals surface area contributed by atoms with E-state index in [1.807, 2.05) is 0 Å². The second-order valence-electron chi connectivity index (χ2n) is 6.82. The summed E-state index contributed by atoms with van der Waals surface area (Å²) >= 11 is 0. The van der Waals surface area contributed by atoms with Crippen LogP contribution in [0.15, 0.2) is 21.7 Å². The highest BCUT2D eigenvalue weighted by Crippen LogP contribution is 2.42. The molecule has 0 radical (unpaired) electrons. The highest BCUT2D eigenvalue weighted by atomic mass is 32.2. The van der Waals surface area contributed by atoms with Gasteiger partial charge in [0.2, 0.25) is 10.0 Å². The van der Waals surface area contributed by atoms with Gasteiger partial charge < -0.3 is 9.63 Å². The van der Waals surface area contributed by atoms with Crippen LogP contribution in [0.3, 0.4) is 0 Å². The smallest absolute Gasteiger partial charge is 0.310 e. The van der Waals surface area contributed by atoms with Crippen LogP contribution < -0.4 is 0 Å². The lowest BCUT2D eigenvalue weighted by atomic mass is 9.90. The van der Waals surface area contributed by atoms with E-state index >= 15 is 0 Å². The molecule has 1 N–H and O–H groups in total. The molecule has 0 spiro atoms. The number of carboxylic acids is 1. The average molecular weight is 351 g/mol. The molecular formula is C15H17N3O5S. The largest absolute Gasteiger partial charge is 0.481 e. The summed E-state index contributed by atoms with van der Waals surface area (Å²) in [5.41, 5.74) is 0.0278. The summed E-state index contributed by atoms with van der Waals surface area (Å²) in [5.74, 6) is -0.670. The van der Waals surface area contributed by atoms with Gasteiger partial charge in [-0.15, -0.1) is 0 Å². The minimum atomic E-state index is -3.80. The molecule has 2 aromatic heterocycles. The molecule has 1 aliphatic heterocycles. The van der Waals surface area contributed by atoms with Crippen LogP contribution in [0.4, 0.5) is 0 Å². The quantitative estimate of drug-likeness (QED) is 0.889. The fourth-order valence-corrected chi connectivity index (χ4v) is 4.61. The molecule has 128 valence electrons. The third-order valence-electron chi connectivity index (χ3n) is 4.89. The van der Waals surface area contributed by atoms with Crippen LogP contribution in [0, 0.1) is 5.41 Å². The van der Waals surface area contributed by atoms with Crippen LogP contribution in [-0.4, -0.2) is 47.0 Å². The number of pyridine rings is 1. The van der Waals surface area contributed by atoms with Gasteiger partial charge in [-0.05, 0) is 32.3 Å². The number of carbonyl (C=O) groups is 1. The number of rotatable bonds is 4. The SMILES string of the molecule is CC1(C(=O)O)CCN(S(=O)(=O)c2cnc3onc(C4CC4)c3c2)C1. The summed E-state index contributed by atoms with van der Waals surface area (Å²) in [6.07, 6.45) is 3.57. The Morgan fingerprint density at radius 1 is 1.46 bits per heavy atom. The number of sulfonamides is 1. The standard InChI is InChI=1S/C15H17N3O5S/c1-15(14(19)20)4-5-18(8-15)24(21,22)10-6-11-12(9-2-3-9)17-23-13(11)16-7-10/h6-7,9H,2-5,8H2,1H3,(H,19,20). The van der Waals surface area contributed by atoms with Gasteiger partial charge in [0.05, 0.1) is 22.7 Å². The monoisotopic (exact) mass is 351 g/mol. The Labute approximate surface area is 138 Å². The molecule has 1 saturated carbocycles. The molecule has 3 heterocycles. The number of hydrogen-bond acceptors (Lipinski definition) is 6. The van der Waals surface area contributed by atoms with Gasteiger partial charge in [0.25, 0.3) is 5.71 Å². The Kier molecular flexibility index (Phi) is 3.23. The summed E-state index contributed by atoms with van der Waals surface area (Å²) in [5, 5.41) is 13.9. The van der Waals surface area contributed by atoms with Gasteiger partial charge in [0, 0.05) is 19.0 Å². The molecule has 9 heteroatoms. The van der Waals surface area contributed by atoms with Crippen molar-refractivity contribution in [1.82, 2.24) is 14.4 Å². The molecule has 1 unspecified atom stereocenters. The second-order valence-corrected chi connectivity index (χ2v) is 8.76. The highest BCUT2D eigenvalue weighted by molar-refractivity contribution is 7.89. The maximum Gasteiger partial charge on any atom is 0.310 e. The predicted octanol–water partition coefficient (Wildman–Crippen LogP) is 1.59. The van der Waals surface area contributed by atoms with Gasteiger partial charge in [0.15, 0.2) is 0 Å². The molecule has 0 bridgehead atoms. The highest BCUT2D eigenvalue weighted by Gasteiger charge is 2.45. The number of hydrogen-bond donors (Lipinski definition) is 1. The molecule has 2 fully saturated rings. The van der Waals surface area contributed by atoms with Crippen LogP contribution in [-0.2, 0) is 14.8 Å². The van der Waals surface area contributed by atoms with E-state index in [-0.39, 0.29) is 24.4 Å². The van der Waals surface area contributed by atoms with Crippen molar-refractivity contribution in [2.75, 3.05) is 13.1 Å². The van der Waals surface area contributed by atoms with Crippen molar-refractivity contribution in [3.8, 4) is 0 Å². The minimum Gasteiger partial charge on any atom is -0.481 e. The number of carboxylic acid groups (broad SMARTS) is 1. The Morgan fingerprint density at radius 2 is 2.21 bits per heavy atom. The maximum absolute atomic E-state index is 12.8. The van der Waals surface area contributed by atoms with E-state index in [0.29, 0.717) is 17.0 Å². The van der Waals surface area contributed by atoms with Gasteiger partial charge in [-0.25, -0.2) is 13.4 Å². The summed E-state index contributed by atoms with van der Waals surface area (Å²) in [6.45, 7) is 1.71. The second kappa shape index (κ2) is 5.00. The van der Waals surface area contributed by atoms with E-state index < -0.39 is 21.4 Å². The number of aliphatic carboxylic acids is 1. The molecule has 1 aliphatic carbocycles. The zero-order chi connectivity index (χ0) is 17.1. The van der Waals surface area contributed by atoms with E-state index in [1.165, 1.54) is 16.6 Å². The van der Waals surface area contributed by atoms with Crippen LogP contribution >= 0.6 is 0 Å². The first-order valence-corrected chi connectivity index (χ1v) is 9.24. The summed E-state index contributed by atoms with van der Waals surface area (Å²) in [7, 11) is -3.80. The van der Waals surface area contributed by atoms with Crippen molar-refractivity contribution < 1.29 is 22.8 Å². The molecule has 24 heavy (non-hydrogen) atoms. The Balaban J connectivity index is 1.71. The third-order valence-corrected chi connectivity index (χ3v) is 6.70. The first kappa shape index (κ1) is 15.5. The number of aromatic nitrogens is 2. The number of nitrogens with zero attached hydrogens (tertiary/aromatic N) is 3. The zero-order valence-electron chi connectivity index (χ0n) is 13.1. The third kappa shape index (κ3) is 2.30. The molecule has 1 saturated heterocycles. The van der Waals surface area contributed by atoms with Crippen LogP contribution in [0.1, 0.15) is 37.8 Å². The molecular weight excluding hydrogens is 334 g/mol. The first-order valence-electron chi connectivity index (χ1n) is 7.80. The lowest BCUT2D eigenvalue weighted by molar-refractivity contribution is -0.146. The first-order chi connectivity index (χ1) is 11.3. The fraction of sp³-hybridized carbons (Fsp3) is 0.533. The molecule has 8 nitrogen and oxygen atoms in total. The topological polar surface area (TPSA) is 114 Å². The normalized spacial score (nSPS) is 25.4. The van der Waals surface area contributed by atoms with Crippen molar-refractivity contribution in [1.29, 1.82) is 0 Å². The predicted molar refractivity (Wildman–Crippen MR) is 82.9 cm³/mol. The molecule has 0 amide bonds. The van der Waals surface area contributed by atoms with Gasteiger partial charge in [-0.2, -0.15) is 4.31 Å². The molecule has 0 aromatic carbocycles. The minimum absolute atomic E-state index is 0.0399. The van der Waals surface area contributed by atoms with E-state index in [2.05, 4.69) is 10.1 Å². The van der Waals surface area contributed by atoms with Crippen molar-refractivity contribution in [3.05, 3.63) is 18.0 Å². The average Bonchev–Trinajstić information content (AvgIpc) is 3.15. The van der Waals surface area contributed by atoms with E-state index in [4.69, 9.17) is 4.52 Å². The van der Waals surface area contributed by atoms with Crippen LogP contribution in [0.2, 0.25) is 0 Å².